The molecule has 0 spiro atoms. The van der Waals surface area contributed by atoms with E-state index >= 15 is 0 Å². The topological polar surface area (TPSA) is 210 Å². The first-order chi connectivity index (χ1) is 15.5. The van der Waals surface area contributed by atoms with Crippen molar-refractivity contribution in [2.24, 2.45) is 0 Å². The van der Waals surface area contributed by atoms with Gasteiger partial charge in [-0.2, -0.15) is 12.8 Å². The molecule has 0 radical (unpaired) electrons. The Labute approximate surface area is 198 Å². The summed E-state index contributed by atoms with van der Waals surface area (Å²) < 4.78 is 65.6. The quantitative estimate of drug-likeness (QED) is 0.0571. The lowest BCUT2D eigenvalue weighted by atomic mass is 10.3. The second-order valence-corrected chi connectivity index (χ2v) is 11.2. The summed E-state index contributed by atoms with van der Waals surface area (Å²) in [7, 11) is -8.09. The van der Waals surface area contributed by atoms with Crippen LogP contribution >= 0.6 is 24.1 Å². The van der Waals surface area contributed by atoms with Gasteiger partial charge in [-0.3, -0.25) is 4.55 Å². The van der Waals surface area contributed by atoms with Crippen molar-refractivity contribution < 1.29 is 45.2 Å². The number of hydrogen-bond acceptors (Lipinski definition) is 14. The van der Waals surface area contributed by atoms with Gasteiger partial charge in [0, 0.05) is 23.7 Å². The summed E-state index contributed by atoms with van der Waals surface area (Å²) in [6.45, 7) is 0.449. The number of nitrogens with one attached hydrogen (secondary N) is 1. The van der Waals surface area contributed by atoms with Crippen molar-refractivity contribution in [1.82, 2.24) is 5.32 Å². The number of benzene rings is 2. The third-order valence-corrected chi connectivity index (χ3v) is 7.75. The normalized spacial score (nSPS) is 12.2. The summed E-state index contributed by atoms with van der Waals surface area (Å²) in [6.07, 6.45) is 0. The molecule has 0 aliphatic carbocycles. The fourth-order valence-electron chi connectivity index (χ4n) is 2.28. The smallest absolute Gasteiger partial charge is 0.296 e. The molecule has 0 bridgehead atoms. The van der Waals surface area contributed by atoms with Crippen molar-refractivity contribution in [1.29, 1.82) is 0 Å². The van der Waals surface area contributed by atoms with Gasteiger partial charge in [0.25, 0.3) is 10.1 Å². The van der Waals surface area contributed by atoms with E-state index in [0.29, 0.717) is 29.0 Å². The zero-order valence-electron chi connectivity index (χ0n) is 16.7. The third kappa shape index (κ3) is 8.91. The van der Waals surface area contributed by atoms with E-state index < -0.39 is 24.9 Å². The molecule has 0 aromatic heterocycles. The second-order valence-electron chi connectivity index (χ2n) is 6.14. The number of hydrogen-bond donors (Lipinski definition) is 5. The highest BCUT2D eigenvalue weighted by Crippen LogP contribution is 2.29. The van der Waals surface area contributed by atoms with Gasteiger partial charge in [0.15, 0.2) is 9.84 Å². The molecule has 2 rings (SSSR count). The van der Waals surface area contributed by atoms with E-state index in [2.05, 4.69) is 14.7 Å². The fraction of sp³-hybridized carbons (Fsp3) is 0.250. The Morgan fingerprint density at radius 2 is 1.67 bits per heavy atom. The van der Waals surface area contributed by atoms with Crippen LogP contribution in [0.2, 0.25) is 0 Å². The average molecular weight is 544 g/mol. The average Bonchev–Trinajstić information content (AvgIpc) is 2.75. The molecule has 33 heavy (non-hydrogen) atoms. The Hall–Kier alpha value is -1.64. The second kappa shape index (κ2) is 12.7. The number of sulfone groups is 1. The van der Waals surface area contributed by atoms with E-state index in [1.54, 1.807) is 0 Å². The van der Waals surface area contributed by atoms with Gasteiger partial charge in [-0.25, -0.2) is 18.6 Å². The molecule has 0 aliphatic heterocycles. The van der Waals surface area contributed by atoms with Crippen molar-refractivity contribution in [3.8, 4) is 0 Å². The first-order valence-electron chi connectivity index (χ1n) is 8.85. The molecule has 0 atom stereocenters. The lowest BCUT2D eigenvalue weighted by Crippen LogP contribution is -2.26. The molecule has 0 aliphatic rings. The molecule has 0 saturated heterocycles. The summed E-state index contributed by atoms with van der Waals surface area (Å²) in [5.41, 5.74) is 11.3. The minimum Gasteiger partial charge on any atom is -0.398 e. The number of nitrogens with two attached hydrogens (primary N) is 2. The maximum absolute atomic E-state index is 12.4. The summed E-state index contributed by atoms with van der Waals surface area (Å²) in [4.78, 5) is 5.08. The SMILES string of the molecule is Nc1ccc(S(=O)(=O)CCNCCOOSc2ccc(N)c(S(=O)(=O)O)c2)cc1SOOO. The van der Waals surface area contributed by atoms with E-state index in [9.17, 15) is 16.8 Å². The first kappa shape index (κ1) is 27.6. The van der Waals surface area contributed by atoms with Crippen molar-refractivity contribution in [3.63, 3.8) is 0 Å². The molecule has 0 saturated carbocycles. The molecule has 13 nitrogen and oxygen atoms in total. The van der Waals surface area contributed by atoms with E-state index in [-0.39, 0.29) is 46.6 Å². The van der Waals surface area contributed by atoms with E-state index in [1.165, 1.54) is 30.3 Å². The van der Waals surface area contributed by atoms with Gasteiger partial charge in [-0.15, -0.1) is 4.33 Å². The van der Waals surface area contributed by atoms with Crippen LogP contribution in [0, 0.1) is 0 Å². The zero-order chi connectivity index (χ0) is 24.5. The van der Waals surface area contributed by atoms with Crippen LogP contribution in [-0.2, 0) is 38.5 Å². The lowest BCUT2D eigenvalue weighted by molar-refractivity contribution is -0.432. The monoisotopic (exact) mass is 543 g/mol. The van der Waals surface area contributed by atoms with Crippen LogP contribution in [0.4, 0.5) is 11.4 Å². The Balaban J connectivity index is 1.72. The molecular formula is C16H21N3O10S4. The van der Waals surface area contributed by atoms with Crippen LogP contribution < -0.4 is 16.8 Å². The van der Waals surface area contributed by atoms with E-state index in [1.807, 2.05) is 0 Å². The van der Waals surface area contributed by atoms with E-state index in [0.717, 1.165) is 6.07 Å². The molecule has 0 fully saturated rings. The van der Waals surface area contributed by atoms with Crippen molar-refractivity contribution in [3.05, 3.63) is 36.4 Å². The first-order valence-corrected chi connectivity index (χ1v) is 13.4. The fourth-order valence-corrected chi connectivity index (χ4v) is 5.22. The number of anilines is 2. The Morgan fingerprint density at radius 3 is 2.36 bits per heavy atom. The van der Waals surface area contributed by atoms with Crippen molar-refractivity contribution in [2.45, 2.75) is 19.6 Å². The van der Waals surface area contributed by atoms with Crippen LogP contribution in [0.5, 0.6) is 0 Å². The largest absolute Gasteiger partial charge is 0.398 e. The molecule has 0 amide bonds. The predicted octanol–water partition coefficient (Wildman–Crippen LogP) is 1.54. The van der Waals surface area contributed by atoms with Gasteiger partial charge in [0.1, 0.15) is 4.90 Å². The molecule has 0 heterocycles. The number of nitrogen functional groups attached to an aromatic ring is 2. The Kier molecular flexibility index (Phi) is 10.6. The van der Waals surface area contributed by atoms with Crippen LogP contribution in [0.25, 0.3) is 0 Å². The third-order valence-electron chi connectivity index (χ3n) is 3.85. The van der Waals surface area contributed by atoms with Crippen LogP contribution in [0.3, 0.4) is 0 Å². The molecule has 0 unspecified atom stereocenters. The molecule has 2 aromatic rings. The lowest BCUT2D eigenvalue weighted by Gasteiger charge is -2.09. The van der Waals surface area contributed by atoms with Crippen LogP contribution in [0.15, 0.2) is 56.0 Å². The minimum atomic E-state index is -4.47. The van der Waals surface area contributed by atoms with Crippen LogP contribution in [-0.4, -0.2) is 52.1 Å². The summed E-state index contributed by atoms with van der Waals surface area (Å²) >= 11 is 1.27. The zero-order valence-corrected chi connectivity index (χ0v) is 20.0. The van der Waals surface area contributed by atoms with Crippen molar-refractivity contribution in [2.75, 3.05) is 36.9 Å². The Morgan fingerprint density at radius 1 is 0.939 bits per heavy atom. The summed E-state index contributed by atoms with van der Waals surface area (Å²) in [5.74, 6) is -0.210. The summed E-state index contributed by atoms with van der Waals surface area (Å²) in [6, 6.07) is 7.96. The van der Waals surface area contributed by atoms with Gasteiger partial charge >= 0.3 is 0 Å². The molecule has 17 heteroatoms. The van der Waals surface area contributed by atoms with Gasteiger partial charge in [0.2, 0.25) is 0 Å². The maximum Gasteiger partial charge on any atom is 0.296 e. The molecular weight excluding hydrogens is 522 g/mol. The standard InChI is InChI=1S/C16H21N3O10S4/c17-13-4-2-12(10-15(13)31-29-27-20)32(21,22)8-6-19-5-7-26-28-30-11-1-3-14(18)16(9-11)33(23,24)25/h1-4,9-10,19-20H,5-8,17-18H2,(H,23,24,25). The van der Waals surface area contributed by atoms with Gasteiger partial charge < -0.3 is 16.8 Å². The van der Waals surface area contributed by atoms with Gasteiger partial charge in [-0.1, -0.05) is 5.04 Å². The molecule has 2 aromatic carbocycles. The van der Waals surface area contributed by atoms with Gasteiger partial charge in [0.05, 0.1) is 51.9 Å². The molecule has 7 N–H and O–H groups in total. The number of rotatable bonds is 14. The van der Waals surface area contributed by atoms with E-state index in [4.69, 9.17) is 30.5 Å². The Bertz CT molecular complexity index is 1150. The van der Waals surface area contributed by atoms with Crippen LogP contribution in [0.1, 0.15) is 0 Å². The van der Waals surface area contributed by atoms with Gasteiger partial charge in [-0.05, 0) is 36.4 Å². The highest BCUT2D eigenvalue weighted by atomic mass is 32.2. The molecule has 184 valence electrons. The predicted molar refractivity (Wildman–Crippen MR) is 120 cm³/mol. The van der Waals surface area contributed by atoms with Crippen molar-refractivity contribution >= 4 is 55.4 Å². The summed E-state index contributed by atoms with van der Waals surface area (Å²) in [5, 5.41) is 14.6. The minimum absolute atomic E-state index is 0.0197. The maximum atomic E-state index is 12.4. The highest BCUT2D eigenvalue weighted by Gasteiger charge is 2.17. The highest BCUT2D eigenvalue weighted by molar-refractivity contribution is 7.95.